The van der Waals surface area contributed by atoms with E-state index in [9.17, 15) is 24.0 Å². The average Bonchev–Trinajstić information content (AvgIpc) is 2.73. The van der Waals surface area contributed by atoms with Crippen LogP contribution in [0.15, 0.2) is 30.3 Å². The quantitative estimate of drug-likeness (QED) is 0.222. The summed E-state index contributed by atoms with van der Waals surface area (Å²) in [6.45, 7) is 2.11. The molecule has 0 unspecified atom stereocenters. The van der Waals surface area contributed by atoms with Crippen LogP contribution in [0.5, 0.6) is 0 Å². The van der Waals surface area contributed by atoms with Crippen molar-refractivity contribution in [2.24, 2.45) is 11.7 Å². The fraction of sp³-hybridized carbons (Fsp3) is 0.450. The molecule has 170 valence electrons. The molecule has 0 aliphatic rings. The number of benzene rings is 1. The Bertz CT molecular complexity index is 784. The van der Waals surface area contributed by atoms with Gasteiger partial charge in [-0.25, -0.2) is 0 Å². The number of carboxylic acids is 1. The van der Waals surface area contributed by atoms with Gasteiger partial charge in [-0.05, 0) is 11.5 Å². The third-order valence-corrected chi connectivity index (χ3v) is 4.23. The second-order valence-corrected chi connectivity index (χ2v) is 7.13. The Morgan fingerprint density at radius 1 is 0.903 bits per heavy atom. The predicted molar refractivity (Wildman–Crippen MR) is 112 cm³/mol. The minimum absolute atomic E-state index is 0.197. The van der Waals surface area contributed by atoms with Gasteiger partial charge in [-0.15, -0.1) is 0 Å². The number of carbonyl (C=O) groups is 5. The highest BCUT2D eigenvalue weighted by atomic mass is 16.4. The topological polar surface area (TPSA) is 180 Å². The summed E-state index contributed by atoms with van der Waals surface area (Å²) >= 11 is 0. The lowest BCUT2D eigenvalue weighted by atomic mass is 10.0. The molecule has 1 aromatic carbocycles. The van der Waals surface area contributed by atoms with Crippen molar-refractivity contribution >= 4 is 29.6 Å². The van der Waals surface area contributed by atoms with Gasteiger partial charge in [-0.3, -0.25) is 24.0 Å². The second-order valence-electron chi connectivity index (χ2n) is 7.13. The molecule has 0 aliphatic heterocycles. The van der Waals surface area contributed by atoms with Crippen LogP contribution in [0, 0.1) is 5.92 Å². The van der Waals surface area contributed by atoms with Gasteiger partial charge in [0.1, 0.15) is 18.6 Å². The van der Waals surface area contributed by atoms with Crippen molar-refractivity contribution < 1.29 is 29.1 Å². The number of hydrogen-bond donors (Lipinski definition) is 6. The van der Waals surface area contributed by atoms with Gasteiger partial charge in [0.15, 0.2) is 0 Å². The molecular weight excluding hydrogens is 406 g/mol. The van der Waals surface area contributed by atoms with E-state index in [1.807, 2.05) is 6.07 Å². The Hall–Kier alpha value is -3.47. The maximum atomic E-state index is 12.8. The lowest BCUT2D eigenvalue weighted by Gasteiger charge is -2.25. The largest absolute Gasteiger partial charge is 0.480 e. The summed E-state index contributed by atoms with van der Waals surface area (Å²) in [4.78, 5) is 59.2. The van der Waals surface area contributed by atoms with Gasteiger partial charge >= 0.3 is 5.97 Å². The number of carbonyl (C=O) groups excluding carboxylic acids is 4. The van der Waals surface area contributed by atoms with Crippen molar-refractivity contribution in [2.75, 3.05) is 19.6 Å². The zero-order chi connectivity index (χ0) is 23.4. The second kappa shape index (κ2) is 13.0. The van der Waals surface area contributed by atoms with Crippen LogP contribution < -0.4 is 27.0 Å². The molecule has 0 heterocycles. The van der Waals surface area contributed by atoms with Gasteiger partial charge in [0, 0.05) is 6.42 Å². The number of hydrogen-bond acceptors (Lipinski definition) is 6. The van der Waals surface area contributed by atoms with Crippen molar-refractivity contribution in [1.29, 1.82) is 0 Å². The molecule has 0 bridgehead atoms. The lowest BCUT2D eigenvalue weighted by Crippen LogP contribution is -2.57. The zero-order valence-electron chi connectivity index (χ0n) is 17.5. The Balaban J connectivity index is 2.80. The number of nitrogens with two attached hydrogens (primary N) is 1. The van der Waals surface area contributed by atoms with Crippen LogP contribution in [-0.2, 0) is 30.4 Å². The van der Waals surface area contributed by atoms with E-state index in [2.05, 4.69) is 21.3 Å². The molecule has 31 heavy (non-hydrogen) atoms. The lowest BCUT2D eigenvalue weighted by molar-refractivity contribution is -0.138. The van der Waals surface area contributed by atoms with Crippen LogP contribution in [0.25, 0.3) is 0 Å². The number of amides is 4. The molecule has 1 aromatic rings. The first-order valence-corrected chi connectivity index (χ1v) is 9.74. The SMILES string of the molecule is CC(C)[C@H](NC(=O)[C@H](Cc1ccccc1)NC(=O)CN)C(=O)NCC(=O)NCC(=O)O. The van der Waals surface area contributed by atoms with E-state index in [4.69, 9.17) is 10.8 Å². The first-order chi connectivity index (χ1) is 14.6. The number of nitrogens with one attached hydrogen (secondary N) is 4. The van der Waals surface area contributed by atoms with Crippen molar-refractivity contribution in [3.63, 3.8) is 0 Å². The number of carboxylic acid groups (broad SMARTS) is 1. The van der Waals surface area contributed by atoms with Crippen LogP contribution >= 0.6 is 0 Å². The summed E-state index contributed by atoms with van der Waals surface area (Å²) < 4.78 is 0. The van der Waals surface area contributed by atoms with Gasteiger partial charge in [0.05, 0.1) is 13.1 Å². The van der Waals surface area contributed by atoms with Gasteiger partial charge in [-0.1, -0.05) is 44.2 Å². The molecular formula is C20H29N5O6. The molecule has 7 N–H and O–H groups in total. The molecule has 4 amide bonds. The van der Waals surface area contributed by atoms with Crippen molar-refractivity contribution in [1.82, 2.24) is 21.3 Å². The summed E-state index contributed by atoms with van der Waals surface area (Å²) in [6, 6.07) is 7.10. The minimum Gasteiger partial charge on any atom is -0.480 e. The number of rotatable bonds is 12. The van der Waals surface area contributed by atoms with Crippen molar-refractivity contribution in [2.45, 2.75) is 32.4 Å². The van der Waals surface area contributed by atoms with E-state index in [-0.39, 0.29) is 18.9 Å². The van der Waals surface area contributed by atoms with Crippen molar-refractivity contribution in [3.8, 4) is 0 Å². The van der Waals surface area contributed by atoms with Gasteiger partial charge < -0.3 is 32.1 Å². The Labute approximate surface area is 180 Å². The van der Waals surface area contributed by atoms with E-state index in [1.54, 1.807) is 38.1 Å². The van der Waals surface area contributed by atoms with Crippen LogP contribution in [0.3, 0.4) is 0 Å². The molecule has 1 rings (SSSR count). The predicted octanol–water partition coefficient (Wildman–Crippen LogP) is -1.87. The standard InChI is InChI=1S/C20H29N5O6/c1-12(2)18(20(31)23-10-16(27)22-11-17(28)29)25-19(30)14(24-15(26)9-21)8-13-6-4-3-5-7-13/h3-7,12,14,18H,8-11,21H2,1-2H3,(H,22,27)(H,23,31)(H,24,26)(H,25,30)(H,28,29)/t14-,18-/m0/s1. The summed E-state index contributed by atoms with van der Waals surface area (Å²) in [5, 5.41) is 18.2. The Kier molecular flexibility index (Phi) is 10.7. The molecule has 0 aromatic heterocycles. The maximum Gasteiger partial charge on any atom is 0.322 e. The third-order valence-electron chi connectivity index (χ3n) is 4.23. The molecule has 0 saturated carbocycles. The van der Waals surface area contributed by atoms with E-state index in [0.29, 0.717) is 0 Å². The Morgan fingerprint density at radius 3 is 2.10 bits per heavy atom. The molecule has 0 spiro atoms. The van der Waals surface area contributed by atoms with Crippen molar-refractivity contribution in [3.05, 3.63) is 35.9 Å². The summed E-state index contributed by atoms with van der Waals surface area (Å²) in [6.07, 6.45) is 0.197. The highest BCUT2D eigenvalue weighted by Crippen LogP contribution is 2.07. The monoisotopic (exact) mass is 435 g/mol. The van der Waals surface area contributed by atoms with Crippen LogP contribution in [0.2, 0.25) is 0 Å². The van der Waals surface area contributed by atoms with E-state index >= 15 is 0 Å². The third kappa shape index (κ3) is 9.72. The minimum atomic E-state index is -1.21. The van der Waals surface area contributed by atoms with Gasteiger partial charge in [0.2, 0.25) is 23.6 Å². The van der Waals surface area contributed by atoms with Gasteiger partial charge in [0.25, 0.3) is 0 Å². The fourth-order valence-electron chi connectivity index (χ4n) is 2.62. The normalized spacial score (nSPS) is 12.4. The molecule has 11 heteroatoms. The van der Waals surface area contributed by atoms with E-state index in [0.717, 1.165) is 5.56 Å². The highest BCUT2D eigenvalue weighted by Gasteiger charge is 2.29. The smallest absolute Gasteiger partial charge is 0.322 e. The molecule has 0 radical (unpaired) electrons. The molecule has 0 fully saturated rings. The zero-order valence-corrected chi connectivity index (χ0v) is 17.5. The first-order valence-electron chi connectivity index (χ1n) is 9.74. The van der Waals surface area contributed by atoms with Crippen LogP contribution in [0.4, 0.5) is 0 Å². The maximum absolute atomic E-state index is 12.8. The van der Waals surface area contributed by atoms with Gasteiger partial charge in [-0.2, -0.15) is 0 Å². The van der Waals surface area contributed by atoms with E-state index in [1.165, 1.54) is 0 Å². The first kappa shape index (κ1) is 25.6. The number of aliphatic carboxylic acids is 1. The molecule has 0 saturated heterocycles. The fourth-order valence-corrected chi connectivity index (χ4v) is 2.62. The molecule has 2 atom stereocenters. The van der Waals surface area contributed by atoms with E-state index < -0.39 is 54.8 Å². The van der Waals surface area contributed by atoms with Crippen LogP contribution in [0.1, 0.15) is 19.4 Å². The Morgan fingerprint density at radius 2 is 1.55 bits per heavy atom. The highest BCUT2D eigenvalue weighted by molar-refractivity contribution is 5.94. The molecule has 11 nitrogen and oxygen atoms in total. The van der Waals surface area contributed by atoms with Crippen LogP contribution in [-0.4, -0.2) is 66.4 Å². The summed E-state index contributed by atoms with van der Waals surface area (Å²) in [7, 11) is 0. The molecule has 0 aliphatic carbocycles. The summed E-state index contributed by atoms with van der Waals surface area (Å²) in [5.41, 5.74) is 6.15. The summed E-state index contributed by atoms with van der Waals surface area (Å²) in [5.74, 6) is -3.92. The average molecular weight is 435 g/mol.